The third-order valence-electron chi connectivity index (χ3n) is 1.80. The number of hydrogen-bond acceptors (Lipinski definition) is 1. The molecule has 66 valence electrons. The molecule has 0 rings (SSSR count). The standard InChI is InChI=1S/C10H20S/c1-4-10(3)8-6-7-9-11-5-2/h4,10H,1,5-9H2,2-3H3. The van der Waals surface area contributed by atoms with Gasteiger partial charge >= 0.3 is 0 Å². The highest BCUT2D eigenvalue weighted by Gasteiger charge is 1.94. The van der Waals surface area contributed by atoms with Crippen LogP contribution in [0.5, 0.6) is 0 Å². The average Bonchev–Trinajstić information content (AvgIpc) is 2.04. The lowest BCUT2D eigenvalue weighted by Crippen LogP contribution is -1.89. The summed E-state index contributed by atoms with van der Waals surface area (Å²) < 4.78 is 0. The first-order valence-corrected chi connectivity index (χ1v) is 5.67. The molecule has 0 radical (unpaired) electrons. The summed E-state index contributed by atoms with van der Waals surface area (Å²) in [4.78, 5) is 0. The molecule has 0 amide bonds. The van der Waals surface area contributed by atoms with Crippen LogP contribution in [-0.4, -0.2) is 11.5 Å². The number of thioether (sulfide) groups is 1. The zero-order valence-corrected chi connectivity index (χ0v) is 8.62. The second-order valence-electron chi connectivity index (χ2n) is 2.91. The Kier molecular flexibility index (Phi) is 8.26. The van der Waals surface area contributed by atoms with E-state index < -0.39 is 0 Å². The maximum Gasteiger partial charge on any atom is -0.00676 e. The van der Waals surface area contributed by atoms with Crippen molar-refractivity contribution in [1.82, 2.24) is 0 Å². The Morgan fingerprint density at radius 3 is 2.73 bits per heavy atom. The minimum Gasteiger partial charge on any atom is -0.162 e. The van der Waals surface area contributed by atoms with Crippen LogP contribution in [0.1, 0.15) is 33.1 Å². The van der Waals surface area contributed by atoms with Gasteiger partial charge in [0.1, 0.15) is 0 Å². The van der Waals surface area contributed by atoms with Gasteiger partial charge in [0.05, 0.1) is 0 Å². The first-order chi connectivity index (χ1) is 5.31. The van der Waals surface area contributed by atoms with Gasteiger partial charge in [0, 0.05) is 0 Å². The third kappa shape index (κ3) is 7.99. The third-order valence-corrected chi connectivity index (χ3v) is 2.79. The fourth-order valence-electron chi connectivity index (χ4n) is 0.933. The zero-order chi connectivity index (χ0) is 8.53. The lowest BCUT2D eigenvalue weighted by molar-refractivity contribution is 0.601. The summed E-state index contributed by atoms with van der Waals surface area (Å²) in [6.45, 7) is 8.23. The molecule has 0 aliphatic carbocycles. The van der Waals surface area contributed by atoms with Crippen LogP contribution in [0, 0.1) is 5.92 Å². The molecule has 0 fully saturated rings. The molecular formula is C10H20S. The van der Waals surface area contributed by atoms with Gasteiger partial charge in [-0.15, -0.1) is 6.58 Å². The fourth-order valence-corrected chi connectivity index (χ4v) is 1.63. The van der Waals surface area contributed by atoms with E-state index in [-0.39, 0.29) is 0 Å². The van der Waals surface area contributed by atoms with Crippen molar-refractivity contribution in [3.63, 3.8) is 0 Å². The van der Waals surface area contributed by atoms with Gasteiger partial charge in [0.25, 0.3) is 0 Å². The van der Waals surface area contributed by atoms with Gasteiger partial charge in [-0.3, -0.25) is 0 Å². The smallest absolute Gasteiger partial charge is 0.00676 e. The topological polar surface area (TPSA) is 0 Å². The lowest BCUT2D eigenvalue weighted by Gasteiger charge is -2.03. The molecule has 0 aromatic heterocycles. The predicted molar refractivity (Wildman–Crippen MR) is 56.2 cm³/mol. The number of unbranched alkanes of at least 4 members (excludes halogenated alkanes) is 1. The van der Waals surface area contributed by atoms with E-state index in [1.165, 1.54) is 30.8 Å². The van der Waals surface area contributed by atoms with Crippen molar-refractivity contribution < 1.29 is 0 Å². The molecule has 0 aromatic rings. The van der Waals surface area contributed by atoms with Crippen molar-refractivity contribution in [1.29, 1.82) is 0 Å². The molecule has 1 heteroatoms. The van der Waals surface area contributed by atoms with E-state index in [9.17, 15) is 0 Å². The van der Waals surface area contributed by atoms with E-state index in [2.05, 4.69) is 20.4 Å². The van der Waals surface area contributed by atoms with Crippen molar-refractivity contribution in [2.75, 3.05) is 11.5 Å². The minimum absolute atomic E-state index is 0.710. The van der Waals surface area contributed by atoms with Crippen LogP contribution in [0.2, 0.25) is 0 Å². The van der Waals surface area contributed by atoms with Gasteiger partial charge in [0.2, 0.25) is 0 Å². The molecular weight excluding hydrogens is 152 g/mol. The summed E-state index contributed by atoms with van der Waals surface area (Å²) >= 11 is 2.04. The Balaban J connectivity index is 2.95. The first-order valence-electron chi connectivity index (χ1n) is 4.51. The van der Waals surface area contributed by atoms with Crippen LogP contribution in [-0.2, 0) is 0 Å². The summed E-state index contributed by atoms with van der Waals surface area (Å²) in [6, 6.07) is 0. The van der Waals surface area contributed by atoms with Gasteiger partial charge in [-0.1, -0.05) is 26.3 Å². The number of hydrogen-bond donors (Lipinski definition) is 0. The molecule has 0 spiro atoms. The molecule has 0 bridgehead atoms. The van der Waals surface area contributed by atoms with Gasteiger partial charge < -0.3 is 0 Å². The molecule has 0 N–H and O–H groups in total. The minimum atomic E-state index is 0.710. The van der Waals surface area contributed by atoms with Crippen molar-refractivity contribution >= 4 is 11.8 Å². The first kappa shape index (κ1) is 11.1. The van der Waals surface area contributed by atoms with Gasteiger partial charge in [0.15, 0.2) is 0 Å². The Morgan fingerprint density at radius 1 is 1.45 bits per heavy atom. The van der Waals surface area contributed by atoms with Gasteiger partial charge in [-0.25, -0.2) is 0 Å². The Morgan fingerprint density at radius 2 is 2.18 bits per heavy atom. The highest BCUT2D eigenvalue weighted by atomic mass is 32.2. The molecule has 0 saturated carbocycles. The van der Waals surface area contributed by atoms with E-state index in [1.807, 2.05) is 17.8 Å². The maximum atomic E-state index is 3.77. The zero-order valence-electron chi connectivity index (χ0n) is 7.81. The second-order valence-corrected chi connectivity index (χ2v) is 4.30. The van der Waals surface area contributed by atoms with Crippen LogP contribution in [0.15, 0.2) is 12.7 Å². The Labute approximate surface area is 75.5 Å². The Bertz CT molecular complexity index is 88.9. The highest BCUT2D eigenvalue weighted by molar-refractivity contribution is 7.99. The van der Waals surface area contributed by atoms with Gasteiger partial charge in [-0.05, 0) is 30.3 Å². The maximum absolute atomic E-state index is 3.77. The largest absolute Gasteiger partial charge is 0.162 e. The molecule has 1 unspecified atom stereocenters. The molecule has 1 atom stereocenters. The normalized spacial score (nSPS) is 12.9. The number of allylic oxidation sites excluding steroid dienone is 1. The van der Waals surface area contributed by atoms with Crippen molar-refractivity contribution in [3.05, 3.63) is 12.7 Å². The Hall–Kier alpha value is 0.0900. The van der Waals surface area contributed by atoms with Crippen LogP contribution in [0.4, 0.5) is 0 Å². The number of rotatable bonds is 7. The van der Waals surface area contributed by atoms with E-state index in [1.54, 1.807) is 0 Å². The average molecular weight is 172 g/mol. The van der Waals surface area contributed by atoms with Crippen molar-refractivity contribution in [2.24, 2.45) is 5.92 Å². The molecule has 11 heavy (non-hydrogen) atoms. The fraction of sp³-hybridized carbons (Fsp3) is 0.800. The molecule has 0 aliphatic heterocycles. The van der Waals surface area contributed by atoms with Crippen molar-refractivity contribution in [2.45, 2.75) is 33.1 Å². The summed E-state index contributed by atoms with van der Waals surface area (Å²) in [6.07, 6.45) is 6.09. The van der Waals surface area contributed by atoms with Gasteiger partial charge in [-0.2, -0.15) is 11.8 Å². The quantitative estimate of drug-likeness (QED) is 0.416. The van der Waals surface area contributed by atoms with E-state index in [4.69, 9.17) is 0 Å². The molecule has 0 aliphatic rings. The van der Waals surface area contributed by atoms with Crippen molar-refractivity contribution in [3.8, 4) is 0 Å². The highest BCUT2D eigenvalue weighted by Crippen LogP contribution is 2.11. The van der Waals surface area contributed by atoms with E-state index in [0.29, 0.717) is 5.92 Å². The van der Waals surface area contributed by atoms with Crippen LogP contribution in [0.3, 0.4) is 0 Å². The summed E-state index contributed by atoms with van der Waals surface area (Å²) in [5.74, 6) is 3.30. The predicted octanol–water partition coefficient (Wildman–Crippen LogP) is 3.73. The molecule has 0 heterocycles. The van der Waals surface area contributed by atoms with E-state index in [0.717, 1.165) is 0 Å². The molecule has 0 nitrogen and oxygen atoms in total. The van der Waals surface area contributed by atoms with Crippen LogP contribution in [0.25, 0.3) is 0 Å². The molecule has 0 aromatic carbocycles. The monoisotopic (exact) mass is 172 g/mol. The summed E-state index contributed by atoms with van der Waals surface area (Å²) in [7, 11) is 0. The summed E-state index contributed by atoms with van der Waals surface area (Å²) in [5, 5.41) is 0. The SMILES string of the molecule is C=CC(C)CCCCSCC. The second kappa shape index (κ2) is 8.19. The lowest BCUT2D eigenvalue weighted by atomic mass is 10.1. The van der Waals surface area contributed by atoms with E-state index >= 15 is 0 Å². The summed E-state index contributed by atoms with van der Waals surface area (Å²) in [5.41, 5.74) is 0. The van der Waals surface area contributed by atoms with Crippen LogP contribution < -0.4 is 0 Å². The molecule has 0 saturated heterocycles. The van der Waals surface area contributed by atoms with Crippen LogP contribution >= 0.6 is 11.8 Å².